The van der Waals surface area contributed by atoms with Crippen molar-refractivity contribution in [2.45, 2.75) is 113 Å². The van der Waals surface area contributed by atoms with Crippen molar-refractivity contribution in [3.05, 3.63) is 0 Å². The maximum absolute atomic E-state index is 13.4. The number of ether oxygens (including phenoxy) is 4. The van der Waals surface area contributed by atoms with E-state index in [1.165, 1.54) is 11.8 Å². The van der Waals surface area contributed by atoms with Gasteiger partial charge in [-0.05, 0) is 52.8 Å². The van der Waals surface area contributed by atoms with Crippen LogP contribution in [-0.4, -0.2) is 101 Å². The van der Waals surface area contributed by atoms with E-state index in [1.807, 2.05) is 13.3 Å². The number of thioether (sulfide) groups is 1. The lowest BCUT2D eigenvalue weighted by Crippen LogP contribution is -2.65. The minimum atomic E-state index is -1.08. The SMILES string of the molecule is CCC[C@@H]1C[C@@H](C(=O)NC(C(C)Cl)C2OC(SC)C(OC(=O)CCC(=O)O)C3OC(C)(C)OC23)N(C)C1. The van der Waals surface area contributed by atoms with E-state index in [1.54, 1.807) is 20.8 Å². The van der Waals surface area contributed by atoms with Crippen molar-refractivity contribution in [2.24, 2.45) is 5.92 Å². The molecule has 9 atom stereocenters. The molecule has 0 aliphatic carbocycles. The molecule has 3 aliphatic rings. The lowest BCUT2D eigenvalue weighted by atomic mass is 9.92. The van der Waals surface area contributed by atoms with Crippen molar-refractivity contribution in [1.29, 1.82) is 0 Å². The lowest BCUT2D eigenvalue weighted by Gasteiger charge is -2.44. The van der Waals surface area contributed by atoms with Crippen molar-refractivity contribution in [3.8, 4) is 0 Å². The molecule has 3 heterocycles. The van der Waals surface area contributed by atoms with Crippen LogP contribution < -0.4 is 5.32 Å². The minimum Gasteiger partial charge on any atom is -0.481 e. The molecule has 2 N–H and O–H groups in total. The molecule has 0 aromatic heterocycles. The summed E-state index contributed by atoms with van der Waals surface area (Å²) in [5.41, 5.74) is -0.629. The summed E-state index contributed by atoms with van der Waals surface area (Å²) in [6, 6.07) is -0.832. The molecular formula is C25H41ClN2O8S. The van der Waals surface area contributed by atoms with Crippen molar-refractivity contribution in [3.63, 3.8) is 0 Å². The Labute approximate surface area is 228 Å². The largest absolute Gasteiger partial charge is 0.481 e. The Morgan fingerprint density at radius 2 is 1.92 bits per heavy atom. The maximum Gasteiger partial charge on any atom is 0.306 e. The van der Waals surface area contributed by atoms with Crippen molar-refractivity contribution >= 4 is 41.2 Å². The van der Waals surface area contributed by atoms with Crippen LogP contribution in [-0.2, 0) is 33.3 Å². The number of carboxylic acid groups (broad SMARTS) is 1. The number of amides is 1. The number of fused-ring (bicyclic) bond motifs is 1. The molecule has 0 saturated carbocycles. The average molecular weight is 565 g/mol. The number of carboxylic acids is 1. The second-order valence-corrected chi connectivity index (χ2v) is 12.3. The normalized spacial score (nSPS) is 34.9. The Morgan fingerprint density at radius 3 is 2.51 bits per heavy atom. The number of alkyl halides is 1. The number of nitrogens with zero attached hydrogens (tertiary/aromatic N) is 1. The number of hydrogen-bond acceptors (Lipinski definition) is 9. The first-order valence-electron chi connectivity index (χ1n) is 13.0. The van der Waals surface area contributed by atoms with E-state index < -0.39 is 59.0 Å². The van der Waals surface area contributed by atoms with Gasteiger partial charge in [-0.1, -0.05) is 13.3 Å². The molecule has 212 valence electrons. The molecule has 7 unspecified atom stereocenters. The molecule has 0 aromatic rings. The number of nitrogens with one attached hydrogen (secondary N) is 1. The van der Waals surface area contributed by atoms with E-state index in [9.17, 15) is 14.4 Å². The van der Waals surface area contributed by atoms with E-state index >= 15 is 0 Å². The van der Waals surface area contributed by atoms with Crippen LogP contribution in [0.15, 0.2) is 0 Å². The number of likely N-dealkylation sites (tertiary alicyclic amines) is 1. The monoisotopic (exact) mass is 564 g/mol. The molecule has 37 heavy (non-hydrogen) atoms. The quantitative estimate of drug-likeness (QED) is 0.286. The van der Waals surface area contributed by atoms with Crippen molar-refractivity contribution < 1.29 is 38.4 Å². The Hall–Kier alpha value is -1.11. The van der Waals surface area contributed by atoms with Gasteiger partial charge in [-0.25, -0.2) is 0 Å². The molecule has 0 bridgehead atoms. The summed E-state index contributed by atoms with van der Waals surface area (Å²) in [5, 5.41) is 11.6. The number of hydrogen-bond donors (Lipinski definition) is 2. The Bertz CT molecular complexity index is 831. The van der Waals surface area contributed by atoms with Crippen LogP contribution in [0.1, 0.15) is 59.8 Å². The standard InChI is InChI=1S/C25H41ClN2O8S/c1-7-8-14-11-15(28(5)12-14)23(32)27-18(13(2)26)19-20-21(36-25(3,4)35-20)22(24(34-19)37-6)33-17(31)10-9-16(29)30/h13-15,18-22,24H,7-12H2,1-6H3,(H,27,32)(H,29,30)/t13?,14-,15+,18?,19?,20?,21?,22?,24?/m1/s1. The number of carbonyl (C=O) groups is 3. The van der Waals surface area contributed by atoms with Crippen molar-refractivity contribution in [1.82, 2.24) is 10.2 Å². The summed E-state index contributed by atoms with van der Waals surface area (Å²) in [6.07, 6.45) is 1.36. The van der Waals surface area contributed by atoms with Crippen LogP contribution in [0.3, 0.4) is 0 Å². The molecule has 0 spiro atoms. The summed E-state index contributed by atoms with van der Waals surface area (Å²) in [5.74, 6) is -2.33. The fourth-order valence-corrected chi connectivity index (χ4v) is 6.48. The van der Waals surface area contributed by atoms with E-state index in [-0.39, 0.29) is 24.8 Å². The van der Waals surface area contributed by atoms with E-state index in [0.717, 1.165) is 25.8 Å². The molecule has 10 nitrogen and oxygen atoms in total. The summed E-state index contributed by atoms with van der Waals surface area (Å²) in [7, 11) is 1.97. The number of esters is 1. The van der Waals surface area contributed by atoms with Crippen LogP contribution in [0.5, 0.6) is 0 Å². The van der Waals surface area contributed by atoms with Crippen LogP contribution >= 0.6 is 23.4 Å². The highest BCUT2D eigenvalue weighted by molar-refractivity contribution is 7.99. The first kappa shape index (κ1) is 30.4. The fraction of sp³-hybridized carbons (Fsp3) is 0.880. The zero-order valence-electron chi connectivity index (χ0n) is 22.5. The highest BCUT2D eigenvalue weighted by Crippen LogP contribution is 2.42. The van der Waals surface area contributed by atoms with Gasteiger partial charge in [-0.2, -0.15) is 0 Å². The van der Waals surface area contributed by atoms with E-state index in [0.29, 0.717) is 5.92 Å². The van der Waals surface area contributed by atoms with E-state index in [4.69, 9.17) is 35.7 Å². The zero-order valence-corrected chi connectivity index (χ0v) is 24.0. The number of carbonyl (C=O) groups excluding carboxylic acids is 2. The summed E-state index contributed by atoms with van der Waals surface area (Å²) in [4.78, 5) is 38.8. The summed E-state index contributed by atoms with van der Waals surface area (Å²) in [6.45, 7) is 8.36. The second-order valence-electron chi connectivity index (χ2n) is 10.7. The van der Waals surface area contributed by atoms with Gasteiger partial charge >= 0.3 is 11.9 Å². The van der Waals surface area contributed by atoms with Crippen LogP contribution in [0.2, 0.25) is 0 Å². The van der Waals surface area contributed by atoms with Gasteiger partial charge in [0.05, 0.1) is 30.3 Å². The van der Waals surface area contributed by atoms with E-state index in [2.05, 4.69) is 17.1 Å². The number of halogens is 1. The second kappa shape index (κ2) is 12.8. The number of rotatable bonds is 11. The zero-order chi connectivity index (χ0) is 27.5. The average Bonchev–Trinajstić information content (AvgIpc) is 3.34. The van der Waals surface area contributed by atoms with Crippen LogP contribution in [0, 0.1) is 5.92 Å². The van der Waals surface area contributed by atoms with Gasteiger partial charge in [-0.3, -0.25) is 19.3 Å². The molecule has 3 rings (SSSR count). The Kier molecular flexibility index (Phi) is 10.6. The molecule has 12 heteroatoms. The van der Waals surface area contributed by atoms with Gasteiger partial charge in [0.15, 0.2) is 11.9 Å². The maximum atomic E-state index is 13.4. The van der Waals surface area contributed by atoms with Crippen molar-refractivity contribution in [2.75, 3.05) is 19.8 Å². The Balaban J connectivity index is 1.79. The molecule has 0 radical (unpaired) electrons. The molecule has 0 aromatic carbocycles. The third-order valence-electron chi connectivity index (χ3n) is 7.21. The first-order valence-corrected chi connectivity index (χ1v) is 14.7. The van der Waals surface area contributed by atoms with Gasteiger partial charge in [0.25, 0.3) is 0 Å². The van der Waals surface area contributed by atoms with Gasteiger partial charge in [0, 0.05) is 6.54 Å². The lowest BCUT2D eigenvalue weighted by molar-refractivity contribution is -0.193. The topological polar surface area (TPSA) is 124 Å². The molecular weight excluding hydrogens is 524 g/mol. The molecule has 3 fully saturated rings. The highest BCUT2D eigenvalue weighted by Gasteiger charge is 2.59. The third kappa shape index (κ3) is 7.51. The highest BCUT2D eigenvalue weighted by atomic mass is 35.5. The van der Waals surface area contributed by atoms with Gasteiger partial charge in [0.1, 0.15) is 23.7 Å². The Morgan fingerprint density at radius 1 is 1.24 bits per heavy atom. The molecule has 3 aliphatic heterocycles. The summed E-state index contributed by atoms with van der Waals surface area (Å²) >= 11 is 7.97. The molecule has 1 amide bonds. The predicted molar refractivity (Wildman–Crippen MR) is 139 cm³/mol. The smallest absolute Gasteiger partial charge is 0.306 e. The van der Waals surface area contributed by atoms with Crippen LogP contribution in [0.25, 0.3) is 0 Å². The van der Waals surface area contributed by atoms with Gasteiger partial charge in [0.2, 0.25) is 5.91 Å². The predicted octanol–water partition coefficient (Wildman–Crippen LogP) is 2.60. The van der Waals surface area contributed by atoms with Gasteiger partial charge < -0.3 is 29.4 Å². The number of aliphatic carboxylic acids is 1. The third-order valence-corrected chi connectivity index (χ3v) is 8.32. The first-order chi connectivity index (χ1) is 17.4. The summed E-state index contributed by atoms with van der Waals surface area (Å²) < 4.78 is 24.5. The fourth-order valence-electron chi connectivity index (χ4n) is 5.56. The van der Waals surface area contributed by atoms with Crippen LogP contribution in [0.4, 0.5) is 0 Å². The number of likely N-dealkylation sites (N-methyl/N-ethyl adjacent to an activating group) is 1. The molecule has 3 saturated heterocycles. The minimum absolute atomic E-state index is 0.0974. The van der Waals surface area contributed by atoms with Gasteiger partial charge in [-0.15, -0.1) is 23.4 Å².